The number of nitrogens with zero attached hydrogens (tertiary/aromatic N) is 2. The van der Waals surface area contributed by atoms with Crippen LogP contribution >= 0.6 is 11.6 Å². The molecule has 1 amide bonds. The van der Waals surface area contributed by atoms with Crippen LogP contribution in [0.1, 0.15) is 24.1 Å². The lowest BCUT2D eigenvalue weighted by Gasteiger charge is -2.31. The molecule has 4 aromatic rings. The molecule has 2 N–H and O–H groups in total. The Morgan fingerprint density at radius 1 is 1.03 bits per heavy atom. The van der Waals surface area contributed by atoms with Crippen molar-refractivity contribution in [1.82, 2.24) is 9.55 Å². The molecule has 1 atom stereocenters. The largest absolute Gasteiger partial charge is 0.329 e. The van der Waals surface area contributed by atoms with Crippen molar-refractivity contribution < 1.29 is 4.79 Å². The number of fused-ring (bicyclic) bond motifs is 3. The van der Waals surface area contributed by atoms with E-state index in [-0.39, 0.29) is 11.9 Å². The lowest BCUT2D eigenvalue weighted by atomic mass is 9.93. The maximum absolute atomic E-state index is 13.5. The van der Waals surface area contributed by atoms with E-state index in [1.165, 1.54) is 0 Å². The number of halogens is 1. The molecule has 2 heterocycles. The second kappa shape index (κ2) is 7.60. The summed E-state index contributed by atoms with van der Waals surface area (Å²) >= 11 is 5.99. The van der Waals surface area contributed by atoms with Crippen molar-refractivity contribution >= 4 is 40.2 Å². The molecule has 5 rings (SSSR count). The van der Waals surface area contributed by atoms with Crippen molar-refractivity contribution in [3.63, 3.8) is 0 Å². The second-order valence-corrected chi connectivity index (χ2v) is 8.17. The molecule has 1 aliphatic heterocycles. The van der Waals surface area contributed by atoms with Crippen LogP contribution in [-0.4, -0.2) is 15.5 Å². The number of carbonyl (C=O) groups is 1. The van der Waals surface area contributed by atoms with Crippen molar-refractivity contribution in [3.8, 4) is 0 Å². The molecular weight excluding hydrogens is 408 g/mol. The number of imidazole rings is 1. The lowest BCUT2D eigenvalue weighted by molar-refractivity contribution is -0.113. The van der Waals surface area contributed by atoms with Crippen LogP contribution in [0.15, 0.2) is 84.1 Å². The molecule has 1 aliphatic rings. The van der Waals surface area contributed by atoms with Crippen LogP contribution in [-0.2, 0) is 4.79 Å². The number of amides is 1. The molecule has 0 unspecified atom stereocenters. The van der Waals surface area contributed by atoms with E-state index in [0.29, 0.717) is 16.3 Å². The number of aryl methyl sites for hydroxylation is 1. The first-order chi connectivity index (χ1) is 15.0. The zero-order valence-electron chi connectivity index (χ0n) is 17.2. The SMILES string of the molecule is CC1=C(C(=O)Nc2ccc(Cl)cc2)[C@H](c2cccc(C)c2)n2c(nc3ccccc32)N1. The minimum atomic E-state index is -0.309. The maximum Gasteiger partial charge on any atom is 0.255 e. The fourth-order valence-corrected chi connectivity index (χ4v) is 4.27. The number of allylic oxidation sites excluding steroid dienone is 1. The minimum absolute atomic E-state index is 0.165. The van der Waals surface area contributed by atoms with Gasteiger partial charge in [0.1, 0.15) is 0 Å². The van der Waals surface area contributed by atoms with Crippen LogP contribution in [0, 0.1) is 6.92 Å². The summed E-state index contributed by atoms with van der Waals surface area (Å²) in [6, 6.07) is 23.0. The predicted octanol–water partition coefficient (Wildman–Crippen LogP) is 5.93. The van der Waals surface area contributed by atoms with E-state index in [2.05, 4.69) is 40.3 Å². The van der Waals surface area contributed by atoms with Crippen LogP contribution in [0.3, 0.4) is 0 Å². The molecule has 0 spiro atoms. The van der Waals surface area contributed by atoms with Gasteiger partial charge >= 0.3 is 0 Å². The number of carbonyl (C=O) groups excluding carboxylic acids is 1. The molecule has 0 saturated heterocycles. The van der Waals surface area contributed by atoms with Gasteiger partial charge in [0.15, 0.2) is 0 Å². The van der Waals surface area contributed by atoms with Crippen LogP contribution < -0.4 is 10.6 Å². The van der Waals surface area contributed by atoms with Crippen LogP contribution in [0.25, 0.3) is 11.0 Å². The minimum Gasteiger partial charge on any atom is -0.329 e. The average molecular weight is 429 g/mol. The second-order valence-electron chi connectivity index (χ2n) is 7.74. The summed E-state index contributed by atoms with van der Waals surface area (Å²) < 4.78 is 2.11. The molecule has 154 valence electrons. The van der Waals surface area contributed by atoms with Crippen molar-refractivity contribution in [3.05, 3.63) is 100 Å². The number of rotatable bonds is 3. The van der Waals surface area contributed by atoms with E-state index in [0.717, 1.165) is 33.8 Å². The first-order valence-corrected chi connectivity index (χ1v) is 10.5. The van der Waals surface area contributed by atoms with Gasteiger partial charge in [-0.05, 0) is 55.8 Å². The Morgan fingerprint density at radius 2 is 1.81 bits per heavy atom. The van der Waals surface area contributed by atoms with Gasteiger partial charge in [0.2, 0.25) is 5.95 Å². The summed E-state index contributed by atoms with van der Waals surface area (Å²) in [5.41, 5.74) is 6.15. The van der Waals surface area contributed by atoms with Crippen molar-refractivity contribution in [1.29, 1.82) is 0 Å². The van der Waals surface area contributed by atoms with Gasteiger partial charge in [0, 0.05) is 16.4 Å². The number of benzene rings is 3. The molecule has 6 heteroatoms. The van der Waals surface area contributed by atoms with Crippen LogP contribution in [0.2, 0.25) is 5.02 Å². The molecule has 3 aromatic carbocycles. The highest BCUT2D eigenvalue weighted by Crippen LogP contribution is 2.39. The molecule has 0 saturated carbocycles. The Morgan fingerprint density at radius 3 is 2.58 bits per heavy atom. The molecule has 31 heavy (non-hydrogen) atoms. The third-order valence-corrected chi connectivity index (χ3v) is 5.79. The van der Waals surface area contributed by atoms with Crippen molar-refractivity contribution in [2.75, 3.05) is 10.6 Å². The Hall–Kier alpha value is -3.57. The van der Waals surface area contributed by atoms with Gasteiger partial charge in [-0.1, -0.05) is 53.6 Å². The zero-order valence-corrected chi connectivity index (χ0v) is 17.9. The number of hydrogen-bond acceptors (Lipinski definition) is 3. The number of aromatic nitrogens is 2. The summed E-state index contributed by atoms with van der Waals surface area (Å²) in [4.78, 5) is 18.3. The van der Waals surface area contributed by atoms with E-state index in [1.807, 2.05) is 37.3 Å². The maximum atomic E-state index is 13.5. The van der Waals surface area contributed by atoms with E-state index in [1.54, 1.807) is 24.3 Å². The Kier molecular flexibility index (Phi) is 4.75. The van der Waals surface area contributed by atoms with Gasteiger partial charge in [-0.2, -0.15) is 0 Å². The number of para-hydroxylation sites is 2. The van der Waals surface area contributed by atoms with Crippen molar-refractivity contribution in [2.45, 2.75) is 19.9 Å². The summed E-state index contributed by atoms with van der Waals surface area (Å²) in [6.45, 7) is 3.98. The van der Waals surface area contributed by atoms with Gasteiger partial charge < -0.3 is 10.6 Å². The fraction of sp³-hybridized carbons (Fsp3) is 0.120. The zero-order chi connectivity index (χ0) is 21.5. The Bertz CT molecular complexity index is 1340. The van der Waals surface area contributed by atoms with Crippen LogP contribution in [0.5, 0.6) is 0 Å². The van der Waals surface area contributed by atoms with E-state index < -0.39 is 0 Å². The number of anilines is 2. The Labute approximate surface area is 185 Å². The third-order valence-electron chi connectivity index (χ3n) is 5.54. The van der Waals surface area contributed by atoms with E-state index >= 15 is 0 Å². The van der Waals surface area contributed by atoms with Gasteiger partial charge in [0.05, 0.1) is 22.6 Å². The molecule has 0 aliphatic carbocycles. The number of nitrogens with one attached hydrogen (secondary N) is 2. The average Bonchev–Trinajstić information content (AvgIpc) is 3.12. The first-order valence-electron chi connectivity index (χ1n) is 10.1. The highest BCUT2D eigenvalue weighted by Gasteiger charge is 2.34. The highest BCUT2D eigenvalue weighted by atomic mass is 35.5. The molecule has 5 nitrogen and oxygen atoms in total. The van der Waals surface area contributed by atoms with Gasteiger partial charge in [0.25, 0.3) is 5.91 Å². The molecule has 0 bridgehead atoms. The van der Waals surface area contributed by atoms with E-state index in [9.17, 15) is 4.79 Å². The molecule has 0 radical (unpaired) electrons. The normalized spacial score (nSPS) is 15.5. The van der Waals surface area contributed by atoms with Crippen LogP contribution in [0.4, 0.5) is 11.6 Å². The summed E-state index contributed by atoms with van der Waals surface area (Å²) in [7, 11) is 0. The first kappa shape index (κ1) is 19.4. The smallest absolute Gasteiger partial charge is 0.255 e. The van der Waals surface area contributed by atoms with E-state index in [4.69, 9.17) is 16.6 Å². The summed E-state index contributed by atoms with van der Waals surface area (Å²) in [5, 5.41) is 6.99. The summed E-state index contributed by atoms with van der Waals surface area (Å²) in [5.74, 6) is 0.565. The standard InChI is InChI=1S/C25H21ClN4O/c1-15-6-5-7-17(14-15)23-22(24(31)28-19-12-10-18(26)11-13-19)16(2)27-25-29-20-8-3-4-9-21(20)30(23)25/h3-14,23H,1-2H3,(H,27,29)(H,28,31)/t23-/m0/s1. The quantitative estimate of drug-likeness (QED) is 0.425. The van der Waals surface area contributed by atoms with Crippen molar-refractivity contribution in [2.24, 2.45) is 0 Å². The molecular formula is C25H21ClN4O. The number of hydrogen-bond donors (Lipinski definition) is 2. The predicted molar refractivity (Wildman–Crippen MR) is 125 cm³/mol. The monoisotopic (exact) mass is 428 g/mol. The fourth-order valence-electron chi connectivity index (χ4n) is 4.15. The van der Waals surface area contributed by atoms with Gasteiger partial charge in [-0.25, -0.2) is 4.98 Å². The van der Waals surface area contributed by atoms with Gasteiger partial charge in [-0.3, -0.25) is 9.36 Å². The summed E-state index contributed by atoms with van der Waals surface area (Å²) in [6.07, 6.45) is 0. The lowest BCUT2D eigenvalue weighted by Crippen LogP contribution is -2.31. The van der Waals surface area contributed by atoms with Gasteiger partial charge in [-0.15, -0.1) is 0 Å². The molecule has 0 fully saturated rings. The molecule has 1 aromatic heterocycles. The third kappa shape index (κ3) is 3.47. The Balaban J connectivity index is 1.66. The topological polar surface area (TPSA) is 59.0 Å². The highest BCUT2D eigenvalue weighted by molar-refractivity contribution is 6.30.